The smallest absolute Gasteiger partial charge is 0.246 e. The normalized spacial score (nSPS) is 28.8. The molecule has 3 heterocycles. The van der Waals surface area contributed by atoms with Gasteiger partial charge in [-0.2, -0.15) is 0 Å². The molecule has 0 radical (unpaired) electrons. The summed E-state index contributed by atoms with van der Waals surface area (Å²) >= 11 is 5.10. The summed E-state index contributed by atoms with van der Waals surface area (Å²) in [4.78, 5) is 19.0. The van der Waals surface area contributed by atoms with Gasteiger partial charge < -0.3 is 14.7 Å². The van der Waals surface area contributed by atoms with Crippen LogP contribution in [0.4, 0.5) is 0 Å². The molecule has 1 aromatic heterocycles. The number of halogens is 1. The van der Waals surface area contributed by atoms with E-state index in [4.69, 9.17) is 4.74 Å². The van der Waals surface area contributed by atoms with E-state index >= 15 is 0 Å². The maximum Gasteiger partial charge on any atom is 0.246 e. The Labute approximate surface area is 242 Å². The van der Waals surface area contributed by atoms with Gasteiger partial charge in [-0.05, 0) is 90.3 Å². The van der Waals surface area contributed by atoms with E-state index in [1.54, 1.807) is 23.5 Å². The predicted molar refractivity (Wildman–Crippen MR) is 158 cm³/mol. The van der Waals surface area contributed by atoms with Crippen molar-refractivity contribution < 1.29 is 14.6 Å². The van der Waals surface area contributed by atoms with Gasteiger partial charge in [0, 0.05) is 57.0 Å². The number of carbonyl (C=O) groups excluding carboxylic acids is 1. The van der Waals surface area contributed by atoms with E-state index in [1.165, 1.54) is 11.1 Å². The molecule has 1 saturated heterocycles. The first-order valence-electron chi connectivity index (χ1n) is 13.9. The van der Waals surface area contributed by atoms with Crippen LogP contribution in [0.1, 0.15) is 40.8 Å². The molecule has 7 rings (SSSR count). The summed E-state index contributed by atoms with van der Waals surface area (Å²) in [5.41, 5.74) is 3.52. The molecule has 2 aliphatic carbocycles. The number of piperidine rings is 1. The van der Waals surface area contributed by atoms with Gasteiger partial charge in [-0.3, -0.25) is 9.69 Å². The zero-order valence-electron chi connectivity index (χ0n) is 22.1. The van der Waals surface area contributed by atoms with Crippen molar-refractivity contribution in [3.05, 3.63) is 86.0 Å². The number of rotatable bonds is 6. The number of ether oxygens (including phenoxy) is 1. The largest absolute Gasteiger partial charge is 0.508 e. The molecule has 2 aromatic carbocycles. The molecule has 2 aliphatic heterocycles. The average molecular weight is 606 g/mol. The molecular weight excluding hydrogens is 572 g/mol. The van der Waals surface area contributed by atoms with E-state index in [9.17, 15) is 9.90 Å². The van der Waals surface area contributed by atoms with Crippen molar-refractivity contribution in [2.45, 2.75) is 55.7 Å². The number of hydrogen-bond acceptors (Lipinski definition) is 5. The van der Waals surface area contributed by atoms with Crippen LogP contribution in [-0.2, 0) is 23.1 Å². The highest BCUT2D eigenvalue weighted by molar-refractivity contribution is 9.10. The van der Waals surface area contributed by atoms with Gasteiger partial charge in [0.05, 0.1) is 6.04 Å². The lowest BCUT2D eigenvalue weighted by atomic mass is 9.51. The molecule has 2 fully saturated rings. The van der Waals surface area contributed by atoms with Crippen molar-refractivity contribution >= 4 is 39.2 Å². The fourth-order valence-corrected chi connectivity index (χ4v) is 9.39. The Morgan fingerprint density at radius 2 is 2.10 bits per heavy atom. The summed E-state index contributed by atoms with van der Waals surface area (Å²) in [5, 5.41) is 13.1. The van der Waals surface area contributed by atoms with E-state index < -0.39 is 0 Å². The van der Waals surface area contributed by atoms with Crippen molar-refractivity contribution in [2.24, 2.45) is 5.92 Å². The molecule has 5 nitrogen and oxygen atoms in total. The number of aromatic hydroxyl groups is 1. The molecule has 7 heteroatoms. The number of amides is 1. The van der Waals surface area contributed by atoms with Crippen LogP contribution in [0.2, 0.25) is 0 Å². The third kappa shape index (κ3) is 4.08. The van der Waals surface area contributed by atoms with Crippen LogP contribution in [0.5, 0.6) is 11.5 Å². The zero-order valence-corrected chi connectivity index (χ0v) is 24.5. The second-order valence-electron chi connectivity index (χ2n) is 11.5. The summed E-state index contributed by atoms with van der Waals surface area (Å²) in [6, 6.07) is 16.9. The fourth-order valence-electron chi connectivity index (χ4n) is 8.05. The number of nitrogens with zero attached hydrogens (tertiary/aromatic N) is 2. The summed E-state index contributed by atoms with van der Waals surface area (Å²) in [5.74, 6) is 1.78. The minimum atomic E-state index is -0.157. The number of phenols is 1. The molecule has 1 N–H and O–H groups in total. The topological polar surface area (TPSA) is 53.0 Å². The summed E-state index contributed by atoms with van der Waals surface area (Å²) in [6.07, 6.45) is 8.38. The molecule has 1 spiro atoms. The van der Waals surface area contributed by atoms with E-state index in [2.05, 4.69) is 51.2 Å². The number of carbonyl (C=O) groups is 1. The van der Waals surface area contributed by atoms with Crippen LogP contribution >= 0.6 is 27.3 Å². The lowest BCUT2D eigenvalue weighted by Gasteiger charge is -2.60. The van der Waals surface area contributed by atoms with E-state index in [0.29, 0.717) is 17.7 Å². The molecular formula is C32H33BrN2O3S. The lowest BCUT2D eigenvalue weighted by molar-refractivity contribution is -0.135. The summed E-state index contributed by atoms with van der Waals surface area (Å²) < 4.78 is 7.83. The Hall–Kier alpha value is -2.61. The summed E-state index contributed by atoms with van der Waals surface area (Å²) in [6.45, 7) is 2.04. The standard InChI is InChI=1S/C32H33BrN2O3S/c1-34(29(37)12-7-22-17-21(33)19-39-22)25-9-8-24-26-18-23-27(36)10-11-28-30(23)32(24,31(25)38-28)14-16-35(26)15-13-20-5-3-2-4-6-20/h2-7,10-12,17,19,24-26,31,36H,8-9,13-16,18H2,1H3/b12-7+/t24-,25-,26+,31-,32-/m0/s1. The molecule has 2 bridgehead atoms. The Bertz CT molecular complexity index is 1440. The molecule has 0 unspecified atom stereocenters. The first-order valence-corrected chi connectivity index (χ1v) is 15.6. The van der Waals surface area contributed by atoms with Gasteiger partial charge in [0.15, 0.2) is 0 Å². The van der Waals surface area contributed by atoms with Crippen LogP contribution in [0.15, 0.2) is 64.5 Å². The second-order valence-corrected chi connectivity index (χ2v) is 13.4. The van der Waals surface area contributed by atoms with Crippen LogP contribution < -0.4 is 4.74 Å². The Balaban J connectivity index is 1.19. The van der Waals surface area contributed by atoms with Crippen molar-refractivity contribution in [1.29, 1.82) is 0 Å². The highest BCUT2D eigenvalue weighted by Gasteiger charge is 2.66. The van der Waals surface area contributed by atoms with Crippen LogP contribution in [0.25, 0.3) is 6.08 Å². The van der Waals surface area contributed by atoms with Gasteiger partial charge in [-0.25, -0.2) is 0 Å². The van der Waals surface area contributed by atoms with Crippen molar-refractivity contribution in [2.75, 3.05) is 20.1 Å². The Kier molecular flexibility index (Phi) is 6.37. The fraction of sp³-hybridized carbons (Fsp3) is 0.406. The van der Waals surface area contributed by atoms with Gasteiger partial charge in [-0.1, -0.05) is 30.3 Å². The minimum absolute atomic E-state index is 0.00881. The van der Waals surface area contributed by atoms with Gasteiger partial charge >= 0.3 is 0 Å². The molecule has 1 amide bonds. The maximum absolute atomic E-state index is 13.4. The molecule has 202 valence electrons. The first-order chi connectivity index (χ1) is 19.0. The zero-order chi connectivity index (χ0) is 26.7. The second kappa shape index (κ2) is 9.79. The Morgan fingerprint density at radius 3 is 2.90 bits per heavy atom. The van der Waals surface area contributed by atoms with Gasteiger partial charge in [-0.15, -0.1) is 11.3 Å². The maximum atomic E-state index is 13.4. The third-order valence-electron chi connectivity index (χ3n) is 9.77. The monoisotopic (exact) mass is 604 g/mol. The number of hydrogen-bond donors (Lipinski definition) is 1. The molecule has 3 aromatic rings. The van der Waals surface area contributed by atoms with E-state index in [-0.39, 0.29) is 23.5 Å². The highest BCUT2D eigenvalue weighted by atomic mass is 79.9. The Morgan fingerprint density at radius 1 is 1.26 bits per heavy atom. The van der Waals surface area contributed by atoms with Gasteiger partial charge in [0.2, 0.25) is 5.91 Å². The summed E-state index contributed by atoms with van der Waals surface area (Å²) in [7, 11) is 1.93. The minimum Gasteiger partial charge on any atom is -0.508 e. The lowest BCUT2D eigenvalue weighted by Crippen LogP contribution is -2.69. The quantitative estimate of drug-likeness (QED) is 0.349. The van der Waals surface area contributed by atoms with Crippen LogP contribution in [0, 0.1) is 5.92 Å². The van der Waals surface area contributed by atoms with Gasteiger partial charge in [0.1, 0.15) is 17.6 Å². The number of thiophene rings is 1. The number of likely N-dealkylation sites (tertiary alicyclic amines) is 1. The van der Waals surface area contributed by atoms with Gasteiger partial charge in [0.25, 0.3) is 0 Å². The molecule has 1 saturated carbocycles. The number of likely N-dealkylation sites (N-methyl/N-ethyl adjacent to an activating group) is 1. The molecule has 4 aliphatic rings. The predicted octanol–water partition coefficient (Wildman–Crippen LogP) is 6.04. The van der Waals surface area contributed by atoms with Crippen LogP contribution in [0.3, 0.4) is 0 Å². The highest BCUT2D eigenvalue weighted by Crippen LogP contribution is 2.63. The van der Waals surface area contributed by atoms with Crippen molar-refractivity contribution in [3.63, 3.8) is 0 Å². The molecule has 5 atom stereocenters. The number of phenolic OH excluding ortho intramolecular Hbond substituents is 1. The van der Waals surface area contributed by atoms with Crippen LogP contribution in [-0.4, -0.2) is 59.1 Å². The van der Waals surface area contributed by atoms with Crippen molar-refractivity contribution in [3.8, 4) is 11.5 Å². The van der Waals surface area contributed by atoms with E-state index in [1.807, 2.05) is 35.5 Å². The molecule has 39 heavy (non-hydrogen) atoms. The SMILES string of the molecule is CN(C(=O)/C=C/c1cc(Br)cs1)[C@H]1CC[C@H]2[C@H]3Cc4c(O)ccc5c4[C@@]2(CCN3CCc2ccccc2)[C@H]1O5. The average Bonchev–Trinajstić information content (AvgIpc) is 3.52. The number of benzene rings is 2. The first kappa shape index (κ1) is 25.4. The van der Waals surface area contributed by atoms with E-state index in [0.717, 1.165) is 65.9 Å². The van der Waals surface area contributed by atoms with Crippen molar-refractivity contribution in [1.82, 2.24) is 9.80 Å². The third-order valence-corrected chi connectivity index (χ3v) is 11.4.